The van der Waals surface area contributed by atoms with Crippen LogP contribution in [0.4, 0.5) is 0 Å². The molecule has 0 aliphatic carbocycles. The lowest BCUT2D eigenvalue weighted by molar-refractivity contribution is 0.385. The van der Waals surface area contributed by atoms with Crippen LogP contribution >= 0.6 is 11.8 Å². The molecule has 1 heterocycles. The highest BCUT2D eigenvalue weighted by atomic mass is 32.2. The van der Waals surface area contributed by atoms with Crippen LogP contribution in [0.15, 0.2) is 24.3 Å². The highest BCUT2D eigenvalue weighted by Crippen LogP contribution is 2.35. The lowest BCUT2D eigenvalue weighted by atomic mass is 9.80. The van der Waals surface area contributed by atoms with Crippen molar-refractivity contribution >= 4 is 11.8 Å². The Morgan fingerprint density at radius 2 is 2.00 bits per heavy atom. The highest BCUT2D eigenvalue weighted by Gasteiger charge is 2.25. The van der Waals surface area contributed by atoms with Gasteiger partial charge >= 0.3 is 0 Å². The molecule has 1 nitrogen and oxygen atoms in total. The zero-order valence-corrected chi connectivity index (χ0v) is 11.7. The molecule has 0 amide bonds. The van der Waals surface area contributed by atoms with Gasteiger partial charge in [0.1, 0.15) is 0 Å². The molecular weight excluding hydrogens is 226 g/mol. The average molecular weight is 249 g/mol. The van der Waals surface area contributed by atoms with E-state index in [1.54, 1.807) is 5.56 Å². The second-order valence-corrected chi connectivity index (χ2v) is 6.20. The molecule has 0 bridgehead atoms. The van der Waals surface area contributed by atoms with Crippen LogP contribution in [0.3, 0.4) is 0 Å². The predicted molar refractivity (Wildman–Crippen MR) is 77.9 cm³/mol. The van der Waals surface area contributed by atoms with Crippen LogP contribution in [0.25, 0.3) is 0 Å². The first kappa shape index (κ1) is 13.0. The molecule has 1 fully saturated rings. The van der Waals surface area contributed by atoms with Gasteiger partial charge in [-0.2, -0.15) is 11.8 Å². The van der Waals surface area contributed by atoms with Gasteiger partial charge in [0.15, 0.2) is 0 Å². The van der Waals surface area contributed by atoms with Gasteiger partial charge in [-0.25, -0.2) is 0 Å². The molecule has 1 aliphatic heterocycles. The van der Waals surface area contributed by atoms with E-state index >= 15 is 0 Å². The Hall–Kier alpha value is -0.470. The summed E-state index contributed by atoms with van der Waals surface area (Å²) < 4.78 is 0. The highest BCUT2D eigenvalue weighted by molar-refractivity contribution is 7.99. The average Bonchev–Trinajstić information content (AvgIpc) is 2.38. The van der Waals surface area contributed by atoms with Gasteiger partial charge < -0.3 is 5.32 Å². The minimum absolute atomic E-state index is 0.696. The third kappa shape index (κ3) is 3.26. The fourth-order valence-corrected chi connectivity index (χ4v) is 4.01. The zero-order chi connectivity index (χ0) is 12.1. The maximum atomic E-state index is 3.38. The van der Waals surface area contributed by atoms with Crippen molar-refractivity contribution in [2.45, 2.75) is 25.7 Å². The summed E-state index contributed by atoms with van der Waals surface area (Å²) in [6, 6.07) is 8.89. The fourth-order valence-electron chi connectivity index (χ4n) is 2.87. The summed E-state index contributed by atoms with van der Waals surface area (Å²) in [4.78, 5) is 0. The summed E-state index contributed by atoms with van der Waals surface area (Å²) in [5, 5.41) is 3.38. The van der Waals surface area contributed by atoms with Crippen LogP contribution in [0.1, 0.15) is 29.9 Å². The molecule has 2 heteroatoms. The van der Waals surface area contributed by atoms with Gasteiger partial charge in [0.05, 0.1) is 0 Å². The van der Waals surface area contributed by atoms with Gasteiger partial charge in [0.25, 0.3) is 0 Å². The molecule has 1 aromatic rings. The molecule has 1 N–H and O–H groups in total. The van der Waals surface area contributed by atoms with Gasteiger partial charge in [-0.15, -0.1) is 0 Å². The van der Waals surface area contributed by atoms with Crippen molar-refractivity contribution in [3.8, 4) is 0 Å². The van der Waals surface area contributed by atoms with Crippen LogP contribution < -0.4 is 5.32 Å². The van der Waals surface area contributed by atoms with E-state index in [4.69, 9.17) is 0 Å². The van der Waals surface area contributed by atoms with Gasteiger partial charge in [-0.1, -0.05) is 24.3 Å². The molecule has 17 heavy (non-hydrogen) atoms. The number of rotatable bonds is 4. The largest absolute Gasteiger partial charge is 0.319 e. The molecule has 0 radical (unpaired) electrons. The van der Waals surface area contributed by atoms with E-state index in [0.29, 0.717) is 5.92 Å². The molecule has 1 atom stereocenters. The summed E-state index contributed by atoms with van der Waals surface area (Å²) in [5.74, 6) is 4.25. The Labute approximate surface area is 109 Å². The van der Waals surface area contributed by atoms with E-state index < -0.39 is 0 Å². The van der Waals surface area contributed by atoms with E-state index in [0.717, 1.165) is 12.5 Å². The lowest BCUT2D eigenvalue weighted by Gasteiger charge is -2.31. The number of thioether (sulfide) groups is 1. The SMILES string of the molecule is CNCC(c1ccccc1C)C1CCSCC1. The molecule has 2 rings (SSSR count). The first-order valence-electron chi connectivity index (χ1n) is 6.61. The Morgan fingerprint density at radius 3 is 2.65 bits per heavy atom. The van der Waals surface area contributed by atoms with Crippen molar-refractivity contribution in [2.75, 3.05) is 25.1 Å². The number of benzene rings is 1. The summed E-state index contributed by atoms with van der Waals surface area (Å²) >= 11 is 2.11. The van der Waals surface area contributed by atoms with Crippen LogP contribution in [-0.4, -0.2) is 25.1 Å². The summed E-state index contributed by atoms with van der Waals surface area (Å²) in [6.45, 7) is 3.36. The van der Waals surface area contributed by atoms with Gasteiger partial charge in [-0.05, 0) is 61.3 Å². The molecule has 0 spiro atoms. The minimum Gasteiger partial charge on any atom is -0.319 e. The van der Waals surface area contributed by atoms with Crippen LogP contribution in [0, 0.1) is 12.8 Å². The molecule has 0 saturated carbocycles. The number of likely N-dealkylation sites (N-methyl/N-ethyl adjacent to an activating group) is 1. The molecule has 94 valence electrons. The molecule has 1 saturated heterocycles. The van der Waals surface area contributed by atoms with Gasteiger partial charge in [0.2, 0.25) is 0 Å². The number of nitrogens with one attached hydrogen (secondary N) is 1. The third-order valence-electron chi connectivity index (χ3n) is 3.85. The Balaban J connectivity index is 2.18. The first-order chi connectivity index (χ1) is 8.33. The normalized spacial score (nSPS) is 19.2. The Morgan fingerprint density at radius 1 is 1.29 bits per heavy atom. The van der Waals surface area contributed by atoms with E-state index in [2.05, 4.69) is 55.3 Å². The number of hydrogen-bond acceptors (Lipinski definition) is 2. The summed E-state index contributed by atoms with van der Waals surface area (Å²) in [5.41, 5.74) is 3.00. The van der Waals surface area contributed by atoms with Crippen molar-refractivity contribution in [3.05, 3.63) is 35.4 Å². The first-order valence-corrected chi connectivity index (χ1v) is 7.76. The second-order valence-electron chi connectivity index (χ2n) is 4.97. The zero-order valence-electron chi connectivity index (χ0n) is 10.9. The monoisotopic (exact) mass is 249 g/mol. The smallest absolute Gasteiger partial charge is 0.00199 e. The fraction of sp³-hybridized carbons (Fsp3) is 0.600. The predicted octanol–water partition coefficient (Wildman–Crippen LogP) is 3.44. The van der Waals surface area contributed by atoms with E-state index in [1.165, 1.54) is 29.9 Å². The topological polar surface area (TPSA) is 12.0 Å². The van der Waals surface area contributed by atoms with Gasteiger partial charge in [0, 0.05) is 6.54 Å². The van der Waals surface area contributed by atoms with Crippen molar-refractivity contribution < 1.29 is 0 Å². The Bertz CT molecular complexity index is 345. The lowest BCUT2D eigenvalue weighted by Crippen LogP contribution is -2.27. The van der Waals surface area contributed by atoms with Crippen molar-refractivity contribution in [1.29, 1.82) is 0 Å². The number of aryl methyl sites for hydroxylation is 1. The van der Waals surface area contributed by atoms with E-state index in [-0.39, 0.29) is 0 Å². The van der Waals surface area contributed by atoms with Crippen LogP contribution in [-0.2, 0) is 0 Å². The second kappa shape index (κ2) is 6.46. The van der Waals surface area contributed by atoms with Crippen molar-refractivity contribution in [3.63, 3.8) is 0 Å². The molecule has 1 aliphatic rings. The van der Waals surface area contributed by atoms with Crippen LogP contribution in [0.2, 0.25) is 0 Å². The molecule has 1 aromatic carbocycles. The standard InChI is InChI=1S/C15H23NS/c1-12-5-3-4-6-14(12)15(11-16-2)13-7-9-17-10-8-13/h3-6,13,15-16H,7-11H2,1-2H3. The molecular formula is C15H23NS. The molecule has 1 unspecified atom stereocenters. The van der Waals surface area contributed by atoms with E-state index in [9.17, 15) is 0 Å². The maximum Gasteiger partial charge on any atom is 0.00199 e. The van der Waals surface area contributed by atoms with Crippen LogP contribution in [0.5, 0.6) is 0 Å². The number of hydrogen-bond donors (Lipinski definition) is 1. The van der Waals surface area contributed by atoms with Gasteiger partial charge in [-0.3, -0.25) is 0 Å². The summed E-state index contributed by atoms with van der Waals surface area (Å²) in [6.07, 6.45) is 2.76. The summed E-state index contributed by atoms with van der Waals surface area (Å²) in [7, 11) is 2.07. The maximum absolute atomic E-state index is 3.38. The van der Waals surface area contributed by atoms with E-state index in [1.807, 2.05) is 0 Å². The van der Waals surface area contributed by atoms with Crippen molar-refractivity contribution in [2.24, 2.45) is 5.92 Å². The minimum atomic E-state index is 0.696. The Kier molecular flexibility index (Phi) is 4.93. The van der Waals surface area contributed by atoms with Crippen molar-refractivity contribution in [1.82, 2.24) is 5.32 Å². The quantitative estimate of drug-likeness (QED) is 0.877. The molecule has 0 aromatic heterocycles. The third-order valence-corrected chi connectivity index (χ3v) is 4.90.